The SMILES string of the molecule is COc1cc(/C=C2\SC(=S)N(c3ccc([N+](=O)[O-])cc3)C2=O)cc(Br)c1OCc1ccccc1. The molecule has 1 amide bonds. The van der Waals surface area contributed by atoms with Gasteiger partial charge in [0, 0.05) is 12.1 Å². The highest BCUT2D eigenvalue weighted by atomic mass is 79.9. The third kappa shape index (κ3) is 5.14. The minimum Gasteiger partial charge on any atom is -0.493 e. The second kappa shape index (κ2) is 10.4. The number of thiocarbonyl (C=S) groups is 1. The minimum absolute atomic E-state index is 0.0590. The average molecular weight is 557 g/mol. The van der Waals surface area contributed by atoms with Gasteiger partial charge in [-0.05, 0) is 57.4 Å². The second-order valence-corrected chi connectivity index (χ2v) is 9.63. The molecule has 1 aliphatic rings. The van der Waals surface area contributed by atoms with Gasteiger partial charge >= 0.3 is 0 Å². The van der Waals surface area contributed by atoms with Crippen LogP contribution in [0.25, 0.3) is 6.08 Å². The molecule has 1 aliphatic heterocycles. The van der Waals surface area contributed by atoms with Gasteiger partial charge in [0.25, 0.3) is 11.6 Å². The Balaban J connectivity index is 1.57. The summed E-state index contributed by atoms with van der Waals surface area (Å²) in [6, 6.07) is 19.1. The van der Waals surface area contributed by atoms with E-state index in [1.807, 2.05) is 36.4 Å². The van der Waals surface area contributed by atoms with Crippen LogP contribution in [-0.2, 0) is 11.4 Å². The molecular weight excluding hydrogens is 540 g/mol. The lowest BCUT2D eigenvalue weighted by Gasteiger charge is -2.14. The van der Waals surface area contributed by atoms with Gasteiger partial charge in [-0.1, -0.05) is 54.3 Å². The van der Waals surface area contributed by atoms with Gasteiger partial charge in [-0.3, -0.25) is 19.8 Å². The summed E-state index contributed by atoms with van der Waals surface area (Å²) in [7, 11) is 1.55. The maximum absolute atomic E-state index is 13.1. The van der Waals surface area contributed by atoms with Crippen molar-refractivity contribution in [2.24, 2.45) is 0 Å². The highest BCUT2D eigenvalue weighted by molar-refractivity contribution is 9.10. The van der Waals surface area contributed by atoms with E-state index in [9.17, 15) is 14.9 Å². The number of halogens is 1. The molecule has 0 radical (unpaired) electrons. The zero-order valence-corrected chi connectivity index (χ0v) is 21.0. The highest BCUT2D eigenvalue weighted by Gasteiger charge is 2.33. The Morgan fingerprint density at radius 2 is 1.85 bits per heavy atom. The maximum Gasteiger partial charge on any atom is 0.270 e. The first-order valence-corrected chi connectivity index (χ1v) is 12.0. The van der Waals surface area contributed by atoms with Crippen molar-refractivity contribution in [3.63, 3.8) is 0 Å². The van der Waals surface area contributed by atoms with E-state index in [0.29, 0.717) is 37.5 Å². The summed E-state index contributed by atoms with van der Waals surface area (Å²) in [5.74, 6) is 0.771. The van der Waals surface area contributed by atoms with Crippen molar-refractivity contribution in [1.82, 2.24) is 0 Å². The number of carbonyl (C=O) groups excluding carboxylic acids is 1. The van der Waals surface area contributed by atoms with Crippen LogP contribution in [0.2, 0.25) is 0 Å². The van der Waals surface area contributed by atoms with E-state index in [4.69, 9.17) is 21.7 Å². The highest BCUT2D eigenvalue weighted by Crippen LogP contribution is 2.40. The fraction of sp³-hybridized carbons (Fsp3) is 0.0833. The number of rotatable bonds is 7. The van der Waals surface area contributed by atoms with Crippen molar-refractivity contribution in [1.29, 1.82) is 0 Å². The van der Waals surface area contributed by atoms with E-state index >= 15 is 0 Å². The van der Waals surface area contributed by atoms with E-state index in [-0.39, 0.29) is 11.6 Å². The molecule has 0 atom stereocenters. The van der Waals surface area contributed by atoms with E-state index in [1.165, 1.54) is 29.2 Å². The number of ether oxygens (including phenoxy) is 2. The van der Waals surface area contributed by atoms with Gasteiger partial charge < -0.3 is 9.47 Å². The number of methoxy groups -OCH3 is 1. The largest absolute Gasteiger partial charge is 0.493 e. The third-order valence-corrected chi connectivity index (χ3v) is 6.78. The summed E-state index contributed by atoms with van der Waals surface area (Å²) < 4.78 is 12.5. The van der Waals surface area contributed by atoms with Crippen LogP contribution in [-0.4, -0.2) is 22.3 Å². The number of amides is 1. The number of nitrogens with zero attached hydrogens (tertiary/aromatic N) is 2. The Labute approximate surface area is 213 Å². The smallest absolute Gasteiger partial charge is 0.270 e. The Hall–Kier alpha value is -3.21. The lowest BCUT2D eigenvalue weighted by Crippen LogP contribution is -2.27. The number of thioether (sulfide) groups is 1. The Morgan fingerprint density at radius 3 is 2.50 bits per heavy atom. The number of anilines is 1. The molecule has 0 unspecified atom stereocenters. The molecule has 172 valence electrons. The minimum atomic E-state index is -0.494. The van der Waals surface area contributed by atoms with Gasteiger partial charge in [0.05, 0.1) is 27.1 Å². The van der Waals surface area contributed by atoms with E-state index < -0.39 is 4.92 Å². The van der Waals surface area contributed by atoms with Gasteiger partial charge in [-0.25, -0.2) is 0 Å². The predicted octanol–water partition coefficient (Wildman–Crippen LogP) is 6.35. The Bertz CT molecular complexity index is 1300. The fourth-order valence-electron chi connectivity index (χ4n) is 3.26. The fourth-order valence-corrected chi connectivity index (χ4v) is 5.13. The van der Waals surface area contributed by atoms with Crippen molar-refractivity contribution in [2.45, 2.75) is 6.61 Å². The molecule has 7 nitrogen and oxygen atoms in total. The van der Waals surface area contributed by atoms with Crippen molar-refractivity contribution < 1.29 is 19.2 Å². The molecule has 3 aromatic carbocycles. The number of carbonyl (C=O) groups is 1. The Kier molecular flexibility index (Phi) is 7.30. The number of benzene rings is 3. The van der Waals surface area contributed by atoms with Crippen LogP contribution in [0.15, 0.2) is 76.1 Å². The van der Waals surface area contributed by atoms with Gasteiger partial charge in [0.1, 0.15) is 6.61 Å². The molecule has 0 aliphatic carbocycles. The molecule has 0 spiro atoms. The first-order chi connectivity index (χ1) is 16.4. The number of hydrogen-bond acceptors (Lipinski definition) is 7. The van der Waals surface area contributed by atoms with E-state index in [0.717, 1.165) is 22.9 Å². The van der Waals surface area contributed by atoms with Crippen LogP contribution >= 0.6 is 39.9 Å². The zero-order chi connectivity index (χ0) is 24.2. The molecule has 1 heterocycles. The average Bonchev–Trinajstić information content (AvgIpc) is 3.11. The molecular formula is C24H17BrN2O5S2. The normalized spacial score (nSPS) is 14.5. The number of nitro benzene ring substituents is 1. The Morgan fingerprint density at radius 1 is 1.15 bits per heavy atom. The second-order valence-electron chi connectivity index (χ2n) is 7.10. The molecule has 0 aromatic heterocycles. The molecule has 3 aromatic rings. The van der Waals surface area contributed by atoms with Crippen LogP contribution in [0.1, 0.15) is 11.1 Å². The van der Waals surface area contributed by atoms with Crippen molar-refractivity contribution >= 4 is 67.6 Å². The molecule has 34 heavy (non-hydrogen) atoms. The van der Waals surface area contributed by atoms with E-state index in [2.05, 4.69) is 15.9 Å². The van der Waals surface area contributed by atoms with E-state index in [1.54, 1.807) is 19.3 Å². The van der Waals surface area contributed by atoms with Crippen LogP contribution < -0.4 is 14.4 Å². The quantitative estimate of drug-likeness (QED) is 0.145. The zero-order valence-electron chi connectivity index (χ0n) is 17.8. The van der Waals surface area contributed by atoms with Gasteiger partial charge in [-0.15, -0.1) is 0 Å². The number of nitro groups is 1. The molecule has 1 saturated heterocycles. The molecule has 10 heteroatoms. The summed E-state index contributed by atoms with van der Waals surface area (Å²) in [6.45, 7) is 0.378. The topological polar surface area (TPSA) is 81.9 Å². The van der Waals surface area contributed by atoms with Crippen molar-refractivity contribution in [2.75, 3.05) is 12.0 Å². The standard InChI is InChI=1S/C24H17BrN2O5S2/c1-31-20-12-16(11-19(25)22(20)32-14-15-5-3-2-4-6-15)13-21-23(28)26(24(33)34-21)17-7-9-18(10-8-17)27(29)30/h2-13H,14H2,1H3/b21-13-. The predicted molar refractivity (Wildman–Crippen MR) is 140 cm³/mol. The van der Waals surface area contributed by atoms with Crippen molar-refractivity contribution in [3.8, 4) is 11.5 Å². The number of hydrogen-bond donors (Lipinski definition) is 0. The molecule has 1 fully saturated rings. The molecule has 0 bridgehead atoms. The first kappa shape index (κ1) is 23.9. The lowest BCUT2D eigenvalue weighted by atomic mass is 10.1. The summed E-state index contributed by atoms with van der Waals surface area (Å²) >= 11 is 10.1. The number of non-ortho nitro benzene ring substituents is 1. The monoisotopic (exact) mass is 556 g/mol. The van der Waals surface area contributed by atoms with Crippen LogP contribution in [0.3, 0.4) is 0 Å². The third-order valence-electron chi connectivity index (χ3n) is 4.89. The summed E-state index contributed by atoms with van der Waals surface area (Å²) in [5, 5.41) is 10.9. The lowest BCUT2D eigenvalue weighted by molar-refractivity contribution is -0.384. The molecule has 4 rings (SSSR count). The summed E-state index contributed by atoms with van der Waals surface area (Å²) in [5.41, 5.74) is 2.16. The molecule has 0 N–H and O–H groups in total. The van der Waals surface area contributed by atoms with Crippen LogP contribution in [0, 0.1) is 10.1 Å². The van der Waals surface area contributed by atoms with Crippen molar-refractivity contribution in [3.05, 3.63) is 97.3 Å². The molecule has 0 saturated carbocycles. The summed E-state index contributed by atoms with van der Waals surface area (Å²) in [4.78, 5) is 25.2. The van der Waals surface area contributed by atoms with Crippen LogP contribution in [0.5, 0.6) is 11.5 Å². The first-order valence-electron chi connectivity index (χ1n) is 9.94. The van der Waals surface area contributed by atoms with Crippen LogP contribution in [0.4, 0.5) is 11.4 Å². The van der Waals surface area contributed by atoms with Gasteiger partial charge in [0.2, 0.25) is 0 Å². The van der Waals surface area contributed by atoms with Gasteiger partial charge in [-0.2, -0.15) is 0 Å². The summed E-state index contributed by atoms with van der Waals surface area (Å²) in [6.07, 6.45) is 1.72. The van der Waals surface area contributed by atoms with Gasteiger partial charge in [0.15, 0.2) is 15.8 Å². The maximum atomic E-state index is 13.1.